The summed E-state index contributed by atoms with van der Waals surface area (Å²) >= 11 is 0. The first kappa shape index (κ1) is 14.9. The number of ether oxygens (including phenoxy) is 2. The second-order valence-electron chi connectivity index (χ2n) is 5.05. The lowest BCUT2D eigenvalue weighted by molar-refractivity contribution is 0.0120. The summed E-state index contributed by atoms with van der Waals surface area (Å²) in [6.07, 6.45) is 8.27. The molecule has 0 aliphatic heterocycles. The monoisotopic (exact) mass is 278 g/mol. The molecular weight excluding hydrogens is 256 g/mol. The van der Waals surface area contributed by atoms with Gasteiger partial charge in [-0.25, -0.2) is 9.97 Å². The van der Waals surface area contributed by atoms with Crippen LogP contribution in [0.1, 0.15) is 49.5 Å². The summed E-state index contributed by atoms with van der Waals surface area (Å²) in [4.78, 5) is 20.9. The van der Waals surface area contributed by atoms with Gasteiger partial charge in [-0.3, -0.25) is 4.79 Å². The molecular formula is C15H22N2O3. The van der Waals surface area contributed by atoms with Crippen LogP contribution in [0.15, 0.2) is 12.4 Å². The minimum absolute atomic E-state index is 0.108. The molecule has 110 valence electrons. The Kier molecular flexibility index (Phi) is 5.47. The molecule has 1 aromatic rings. The van der Waals surface area contributed by atoms with Gasteiger partial charge >= 0.3 is 0 Å². The minimum Gasteiger partial charge on any atom is -0.479 e. The van der Waals surface area contributed by atoms with E-state index in [9.17, 15) is 4.79 Å². The van der Waals surface area contributed by atoms with Crippen molar-refractivity contribution in [3.05, 3.63) is 18.1 Å². The van der Waals surface area contributed by atoms with Crippen molar-refractivity contribution >= 4 is 5.78 Å². The molecule has 2 rings (SSSR count). The molecule has 0 radical (unpaired) electrons. The number of ketones is 1. The van der Waals surface area contributed by atoms with Gasteiger partial charge in [0.25, 0.3) is 0 Å². The molecule has 20 heavy (non-hydrogen) atoms. The van der Waals surface area contributed by atoms with Gasteiger partial charge in [0.1, 0.15) is 6.10 Å². The Hall–Kier alpha value is -1.49. The fraction of sp³-hybridized carbons (Fsp3) is 0.667. The smallest absolute Gasteiger partial charge is 0.243 e. The van der Waals surface area contributed by atoms with Gasteiger partial charge in [-0.1, -0.05) is 19.3 Å². The first-order valence-electron chi connectivity index (χ1n) is 7.28. The zero-order valence-electron chi connectivity index (χ0n) is 12.2. The van der Waals surface area contributed by atoms with Crippen LogP contribution in [-0.2, 0) is 4.74 Å². The van der Waals surface area contributed by atoms with Crippen LogP contribution in [0.3, 0.4) is 0 Å². The fourth-order valence-electron chi connectivity index (χ4n) is 2.82. The maximum absolute atomic E-state index is 12.7. The van der Waals surface area contributed by atoms with E-state index in [2.05, 4.69) is 9.97 Å². The zero-order valence-corrected chi connectivity index (χ0v) is 12.2. The predicted molar refractivity (Wildman–Crippen MR) is 74.9 cm³/mol. The van der Waals surface area contributed by atoms with Crippen molar-refractivity contribution in [2.45, 2.75) is 45.1 Å². The first-order valence-corrected chi connectivity index (χ1v) is 7.28. The predicted octanol–water partition coefficient (Wildman–Crippen LogP) is 2.65. The Morgan fingerprint density at radius 1 is 1.30 bits per heavy atom. The van der Waals surface area contributed by atoms with E-state index >= 15 is 0 Å². The van der Waals surface area contributed by atoms with Crippen LogP contribution in [0.5, 0.6) is 5.88 Å². The molecule has 1 saturated carbocycles. The van der Waals surface area contributed by atoms with Crippen LogP contribution in [0, 0.1) is 5.92 Å². The average molecular weight is 278 g/mol. The van der Waals surface area contributed by atoms with Gasteiger partial charge in [0.05, 0.1) is 7.11 Å². The zero-order chi connectivity index (χ0) is 14.4. The van der Waals surface area contributed by atoms with E-state index in [1.54, 1.807) is 0 Å². The summed E-state index contributed by atoms with van der Waals surface area (Å²) in [5.74, 6) is 0.449. The number of aromatic nitrogens is 2. The van der Waals surface area contributed by atoms with E-state index in [0.717, 1.165) is 12.8 Å². The van der Waals surface area contributed by atoms with E-state index in [0.29, 0.717) is 6.61 Å². The maximum Gasteiger partial charge on any atom is 0.243 e. The lowest BCUT2D eigenvalue weighted by Gasteiger charge is -2.28. The van der Waals surface area contributed by atoms with Crippen molar-refractivity contribution in [3.63, 3.8) is 0 Å². The third-order valence-electron chi connectivity index (χ3n) is 3.77. The highest BCUT2D eigenvalue weighted by atomic mass is 16.5. The Labute approximate surface area is 119 Å². The highest BCUT2D eigenvalue weighted by Crippen LogP contribution is 2.30. The van der Waals surface area contributed by atoms with E-state index in [1.165, 1.54) is 38.8 Å². The molecule has 1 aliphatic rings. The number of methoxy groups -OCH3 is 1. The van der Waals surface area contributed by atoms with E-state index in [-0.39, 0.29) is 23.3 Å². The highest BCUT2D eigenvalue weighted by Gasteiger charge is 2.33. The molecule has 1 aliphatic carbocycles. The topological polar surface area (TPSA) is 61.3 Å². The van der Waals surface area contributed by atoms with Crippen molar-refractivity contribution in [1.29, 1.82) is 0 Å². The molecule has 0 saturated heterocycles. The Morgan fingerprint density at radius 3 is 2.65 bits per heavy atom. The number of hydrogen-bond acceptors (Lipinski definition) is 5. The van der Waals surface area contributed by atoms with Crippen LogP contribution in [-0.4, -0.2) is 35.6 Å². The van der Waals surface area contributed by atoms with E-state index in [1.807, 2.05) is 6.92 Å². The number of carbonyl (C=O) groups excluding carboxylic acids is 1. The minimum atomic E-state index is -0.425. The van der Waals surface area contributed by atoms with Gasteiger partial charge < -0.3 is 9.47 Å². The lowest BCUT2D eigenvalue weighted by atomic mass is 9.83. The summed E-state index contributed by atoms with van der Waals surface area (Å²) in [6, 6.07) is 0. The summed E-state index contributed by atoms with van der Waals surface area (Å²) < 4.78 is 10.9. The Morgan fingerprint density at radius 2 is 2.00 bits per heavy atom. The van der Waals surface area contributed by atoms with Crippen LogP contribution in [0.4, 0.5) is 0 Å². The fourth-order valence-corrected chi connectivity index (χ4v) is 2.82. The molecule has 0 amide bonds. The van der Waals surface area contributed by atoms with Gasteiger partial charge in [0.15, 0.2) is 5.69 Å². The van der Waals surface area contributed by atoms with Crippen LogP contribution in [0.25, 0.3) is 0 Å². The number of hydrogen-bond donors (Lipinski definition) is 0. The van der Waals surface area contributed by atoms with Gasteiger partial charge in [0, 0.05) is 19.0 Å². The third kappa shape index (κ3) is 3.33. The molecule has 1 atom stereocenters. The number of rotatable bonds is 6. The first-order chi connectivity index (χ1) is 9.77. The van der Waals surface area contributed by atoms with Crippen molar-refractivity contribution < 1.29 is 14.3 Å². The van der Waals surface area contributed by atoms with Crippen molar-refractivity contribution in [1.82, 2.24) is 9.97 Å². The number of Topliss-reactive ketones (excluding diaryl/α,β-unsaturated/α-hetero) is 1. The third-order valence-corrected chi connectivity index (χ3v) is 3.77. The molecule has 1 fully saturated rings. The van der Waals surface area contributed by atoms with Crippen LogP contribution >= 0.6 is 0 Å². The van der Waals surface area contributed by atoms with Crippen LogP contribution < -0.4 is 4.74 Å². The van der Waals surface area contributed by atoms with Gasteiger partial charge in [-0.2, -0.15) is 0 Å². The van der Waals surface area contributed by atoms with E-state index < -0.39 is 6.10 Å². The maximum atomic E-state index is 12.7. The van der Waals surface area contributed by atoms with Gasteiger partial charge in [-0.05, 0) is 25.7 Å². The Bertz CT molecular complexity index is 444. The number of nitrogens with zero attached hydrogens (tertiary/aromatic N) is 2. The highest BCUT2D eigenvalue weighted by molar-refractivity contribution is 5.99. The molecule has 0 spiro atoms. The molecule has 0 N–H and O–H groups in total. The van der Waals surface area contributed by atoms with Crippen molar-refractivity contribution in [2.24, 2.45) is 5.92 Å². The summed E-state index contributed by atoms with van der Waals surface area (Å²) in [5, 5.41) is 0. The summed E-state index contributed by atoms with van der Waals surface area (Å²) in [5.41, 5.74) is 0.277. The van der Waals surface area contributed by atoms with Crippen LogP contribution in [0.2, 0.25) is 0 Å². The van der Waals surface area contributed by atoms with E-state index in [4.69, 9.17) is 9.47 Å². The molecule has 1 heterocycles. The quantitative estimate of drug-likeness (QED) is 0.749. The summed E-state index contributed by atoms with van der Waals surface area (Å²) in [6.45, 7) is 2.44. The standard InChI is InChI=1S/C15H22N2O3/c1-3-20-14(11-7-5-4-6-8-11)13(18)12-15(19-2)17-10-9-16-12/h9-11,14H,3-8H2,1-2H3. The van der Waals surface area contributed by atoms with Gasteiger partial charge in [0.2, 0.25) is 11.7 Å². The molecule has 1 unspecified atom stereocenters. The molecule has 0 aromatic carbocycles. The Balaban J connectivity index is 2.21. The molecule has 5 heteroatoms. The SMILES string of the molecule is CCOC(C(=O)c1nccnc1OC)C1CCCCC1. The second-order valence-corrected chi connectivity index (χ2v) is 5.05. The molecule has 5 nitrogen and oxygen atoms in total. The molecule has 1 aromatic heterocycles. The van der Waals surface area contributed by atoms with Gasteiger partial charge in [-0.15, -0.1) is 0 Å². The lowest BCUT2D eigenvalue weighted by Crippen LogP contribution is -2.35. The second kappa shape index (κ2) is 7.33. The summed E-state index contributed by atoms with van der Waals surface area (Å²) in [7, 11) is 1.50. The van der Waals surface area contributed by atoms with Crippen molar-refractivity contribution in [2.75, 3.05) is 13.7 Å². The number of carbonyl (C=O) groups is 1. The largest absolute Gasteiger partial charge is 0.479 e. The normalized spacial score (nSPS) is 17.7. The molecule has 0 bridgehead atoms. The average Bonchev–Trinajstić information content (AvgIpc) is 2.52. The van der Waals surface area contributed by atoms with Crippen molar-refractivity contribution in [3.8, 4) is 5.88 Å².